The van der Waals surface area contributed by atoms with E-state index >= 15 is 0 Å². The number of carboxylic acids is 1. The Morgan fingerprint density at radius 3 is 2.70 bits per heavy atom. The number of carboxylic acid groups (broad SMARTS) is 1. The number of carbonyl (C=O) groups excluding carboxylic acids is 1. The van der Waals surface area contributed by atoms with Crippen LogP contribution in [0.2, 0.25) is 0 Å². The highest BCUT2D eigenvalue weighted by atomic mass is 16.5. The minimum Gasteiger partial charge on any atom is -0.493 e. The summed E-state index contributed by atoms with van der Waals surface area (Å²) in [6, 6.07) is 21.4. The fraction of sp³-hybridized carbons (Fsp3) is 0.138. The van der Waals surface area contributed by atoms with Gasteiger partial charge in [0.25, 0.3) is 5.91 Å². The molecule has 37 heavy (non-hydrogen) atoms. The maximum absolute atomic E-state index is 12.6. The van der Waals surface area contributed by atoms with E-state index in [0.29, 0.717) is 35.6 Å². The number of para-hydroxylation sites is 1. The van der Waals surface area contributed by atoms with E-state index in [1.807, 2.05) is 36.5 Å². The molecule has 0 saturated carbocycles. The summed E-state index contributed by atoms with van der Waals surface area (Å²) in [5.41, 5.74) is 3.57. The van der Waals surface area contributed by atoms with Crippen LogP contribution >= 0.6 is 0 Å². The molecule has 3 aromatic carbocycles. The van der Waals surface area contributed by atoms with Gasteiger partial charge in [-0.2, -0.15) is 5.26 Å². The summed E-state index contributed by atoms with van der Waals surface area (Å²) >= 11 is 0. The third-order valence-corrected chi connectivity index (χ3v) is 5.79. The van der Waals surface area contributed by atoms with Crippen LogP contribution in [0.3, 0.4) is 0 Å². The molecule has 0 aliphatic rings. The number of aromatic amines is 1. The monoisotopic (exact) mass is 495 g/mol. The minimum atomic E-state index is -1.01. The minimum absolute atomic E-state index is 0.0277. The molecule has 0 saturated heterocycles. The molecule has 8 nitrogen and oxygen atoms in total. The molecule has 1 aromatic heterocycles. The predicted molar refractivity (Wildman–Crippen MR) is 139 cm³/mol. The van der Waals surface area contributed by atoms with Crippen LogP contribution in [0.4, 0.5) is 0 Å². The Kier molecular flexibility index (Phi) is 7.86. The Balaban J connectivity index is 1.39. The lowest BCUT2D eigenvalue weighted by atomic mass is 10.1. The first-order valence-electron chi connectivity index (χ1n) is 11.6. The molecule has 8 heteroatoms. The third kappa shape index (κ3) is 6.16. The summed E-state index contributed by atoms with van der Waals surface area (Å²) in [5.74, 6) is -0.604. The molecule has 0 aliphatic heterocycles. The summed E-state index contributed by atoms with van der Waals surface area (Å²) in [5, 5.41) is 22.6. The van der Waals surface area contributed by atoms with E-state index in [0.717, 1.165) is 16.5 Å². The number of nitriles is 1. The highest BCUT2D eigenvalue weighted by Gasteiger charge is 2.12. The first kappa shape index (κ1) is 25.1. The summed E-state index contributed by atoms with van der Waals surface area (Å²) < 4.78 is 11.2. The number of fused-ring (bicyclic) bond motifs is 1. The number of amides is 1. The van der Waals surface area contributed by atoms with Crippen LogP contribution in [0.25, 0.3) is 17.0 Å². The Bertz CT molecular complexity index is 1510. The van der Waals surface area contributed by atoms with Gasteiger partial charge in [0.1, 0.15) is 18.2 Å². The largest absolute Gasteiger partial charge is 0.493 e. The fourth-order valence-electron chi connectivity index (χ4n) is 3.91. The number of hydrogen-bond acceptors (Lipinski definition) is 5. The molecule has 0 aliphatic carbocycles. The fourth-order valence-corrected chi connectivity index (χ4v) is 3.91. The van der Waals surface area contributed by atoms with E-state index in [-0.39, 0.29) is 17.7 Å². The van der Waals surface area contributed by atoms with E-state index < -0.39 is 11.9 Å². The summed E-state index contributed by atoms with van der Waals surface area (Å²) in [7, 11) is 1.49. The maximum Gasteiger partial charge on any atom is 0.335 e. The zero-order valence-electron chi connectivity index (χ0n) is 20.2. The van der Waals surface area contributed by atoms with Crippen LogP contribution in [0.1, 0.15) is 27.0 Å². The molecule has 4 rings (SSSR count). The van der Waals surface area contributed by atoms with Crippen LogP contribution in [0.5, 0.6) is 11.5 Å². The number of ether oxygens (including phenoxy) is 2. The number of nitrogens with zero attached hydrogens (tertiary/aromatic N) is 1. The molecular formula is C29H25N3O5. The molecule has 0 unspecified atom stereocenters. The van der Waals surface area contributed by atoms with Crippen LogP contribution in [-0.2, 0) is 17.8 Å². The molecule has 3 N–H and O–H groups in total. The van der Waals surface area contributed by atoms with Crippen molar-refractivity contribution < 1.29 is 24.2 Å². The summed E-state index contributed by atoms with van der Waals surface area (Å²) in [6.45, 7) is 0.536. The van der Waals surface area contributed by atoms with Crippen molar-refractivity contribution in [1.29, 1.82) is 5.26 Å². The first-order chi connectivity index (χ1) is 18.0. The van der Waals surface area contributed by atoms with E-state index in [9.17, 15) is 14.9 Å². The van der Waals surface area contributed by atoms with Crippen molar-refractivity contribution >= 4 is 28.9 Å². The Labute approximate surface area is 213 Å². The van der Waals surface area contributed by atoms with Gasteiger partial charge in [0, 0.05) is 23.6 Å². The maximum atomic E-state index is 12.6. The topological polar surface area (TPSA) is 124 Å². The Hall–Kier alpha value is -5.03. The van der Waals surface area contributed by atoms with E-state index in [1.165, 1.54) is 19.3 Å². The zero-order valence-corrected chi connectivity index (χ0v) is 20.2. The van der Waals surface area contributed by atoms with Crippen LogP contribution < -0.4 is 14.8 Å². The first-order valence-corrected chi connectivity index (χ1v) is 11.6. The van der Waals surface area contributed by atoms with Gasteiger partial charge in [-0.3, -0.25) is 4.79 Å². The highest BCUT2D eigenvalue weighted by molar-refractivity contribution is 6.01. The van der Waals surface area contributed by atoms with Gasteiger partial charge in [-0.15, -0.1) is 0 Å². The SMILES string of the molecule is COc1cc(/C=C(/C#N)C(=O)NCCc2c[nH]c3ccccc23)ccc1OCc1cccc(C(=O)O)c1. The average molecular weight is 496 g/mol. The van der Waals surface area contributed by atoms with Gasteiger partial charge in [-0.1, -0.05) is 36.4 Å². The molecule has 1 amide bonds. The highest BCUT2D eigenvalue weighted by Crippen LogP contribution is 2.30. The van der Waals surface area contributed by atoms with Gasteiger partial charge in [-0.05, 0) is 59.5 Å². The number of carbonyl (C=O) groups is 2. The molecule has 4 aromatic rings. The van der Waals surface area contributed by atoms with Gasteiger partial charge in [0.05, 0.1) is 12.7 Å². The second-order valence-electron chi connectivity index (χ2n) is 8.24. The van der Waals surface area contributed by atoms with Crippen molar-refractivity contribution in [3.63, 3.8) is 0 Å². The molecule has 1 heterocycles. The number of H-pyrrole nitrogens is 1. The average Bonchev–Trinajstić information content (AvgIpc) is 3.33. The summed E-state index contributed by atoms with van der Waals surface area (Å²) in [4.78, 5) is 27.0. The number of nitrogens with one attached hydrogen (secondary N) is 2. The Morgan fingerprint density at radius 1 is 1.08 bits per heavy atom. The predicted octanol–water partition coefficient (Wildman–Crippen LogP) is 4.72. The van der Waals surface area contributed by atoms with E-state index in [1.54, 1.807) is 36.4 Å². The molecule has 0 fully saturated rings. The molecule has 0 atom stereocenters. The van der Waals surface area contributed by atoms with Crippen LogP contribution in [0.15, 0.2) is 78.5 Å². The second kappa shape index (κ2) is 11.6. The van der Waals surface area contributed by atoms with E-state index in [2.05, 4.69) is 10.3 Å². The lowest BCUT2D eigenvalue weighted by Crippen LogP contribution is -2.26. The van der Waals surface area contributed by atoms with Gasteiger partial charge >= 0.3 is 5.97 Å². The lowest BCUT2D eigenvalue weighted by molar-refractivity contribution is -0.117. The van der Waals surface area contributed by atoms with Gasteiger partial charge in [0.2, 0.25) is 0 Å². The van der Waals surface area contributed by atoms with Crippen molar-refractivity contribution in [3.8, 4) is 17.6 Å². The smallest absolute Gasteiger partial charge is 0.335 e. The van der Waals surface area contributed by atoms with Crippen molar-refractivity contribution in [3.05, 3.63) is 101 Å². The van der Waals surface area contributed by atoms with Gasteiger partial charge in [-0.25, -0.2) is 4.79 Å². The van der Waals surface area contributed by atoms with Crippen LogP contribution in [0, 0.1) is 11.3 Å². The number of aromatic nitrogens is 1. The molecular weight excluding hydrogens is 470 g/mol. The molecule has 0 spiro atoms. The van der Waals surface area contributed by atoms with Gasteiger partial charge in [0.15, 0.2) is 11.5 Å². The number of aromatic carboxylic acids is 1. The zero-order chi connectivity index (χ0) is 26.2. The van der Waals surface area contributed by atoms with Gasteiger partial charge < -0.3 is 24.9 Å². The van der Waals surface area contributed by atoms with Crippen LogP contribution in [-0.4, -0.2) is 35.6 Å². The van der Waals surface area contributed by atoms with E-state index in [4.69, 9.17) is 14.6 Å². The second-order valence-corrected chi connectivity index (χ2v) is 8.24. The quantitative estimate of drug-likeness (QED) is 0.216. The summed E-state index contributed by atoms with van der Waals surface area (Å²) in [6.07, 6.45) is 4.05. The number of methoxy groups -OCH3 is 1. The lowest BCUT2D eigenvalue weighted by Gasteiger charge is -2.12. The standard InChI is InChI=1S/C29H25N3O5/c1-36-27-15-19(9-10-26(27)37-18-20-5-4-6-21(14-20)29(34)35)13-23(16-30)28(33)31-12-11-22-17-32-25-8-3-2-7-24(22)25/h2-10,13-15,17,32H,11-12,18H2,1H3,(H,31,33)(H,34,35)/b23-13-. The Morgan fingerprint density at radius 2 is 1.92 bits per heavy atom. The van der Waals surface area contributed by atoms with Crippen molar-refractivity contribution in [1.82, 2.24) is 10.3 Å². The van der Waals surface area contributed by atoms with Crippen molar-refractivity contribution in [2.75, 3.05) is 13.7 Å². The van der Waals surface area contributed by atoms with Crippen molar-refractivity contribution in [2.24, 2.45) is 0 Å². The molecule has 186 valence electrons. The molecule has 0 bridgehead atoms. The number of benzene rings is 3. The third-order valence-electron chi connectivity index (χ3n) is 5.79. The molecule has 0 radical (unpaired) electrons. The normalized spacial score (nSPS) is 11.1. The number of rotatable bonds is 10. The van der Waals surface area contributed by atoms with Crippen molar-refractivity contribution in [2.45, 2.75) is 13.0 Å². The number of hydrogen-bond donors (Lipinski definition) is 3.